The molecule has 0 spiro atoms. The van der Waals surface area contributed by atoms with Gasteiger partial charge in [-0.1, -0.05) is 25.0 Å². The van der Waals surface area contributed by atoms with Gasteiger partial charge in [-0.25, -0.2) is 0 Å². The summed E-state index contributed by atoms with van der Waals surface area (Å²) in [5.74, 6) is 0.932. The highest BCUT2D eigenvalue weighted by molar-refractivity contribution is 5.28. The molecule has 0 saturated carbocycles. The molecular formula is C18H25N3O. The van der Waals surface area contributed by atoms with Gasteiger partial charge in [0.05, 0.1) is 18.8 Å². The molecule has 1 fully saturated rings. The lowest BCUT2D eigenvalue weighted by atomic mass is 10.1. The molecule has 0 aliphatic carbocycles. The minimum atomic E-state index is 0.426. The zero-order valence-electron chi connectivity index (χ0n) is 13.5. The lowest BCUT2D eigenvalue weighted by molar-refractivity contribution is 0.188. The summed E-state index contributed by atoms with van der Waals surface area (Å²) < 4.78 is 7.26. The van der Waals surface area contributed by atoms with E-state index in [4.69, 9.17) is 4.74 Å². The SMILES string of the molecule is COc1cccc(CN2CCCCC[C@@H]2c2ccn(C)n2)c1. The maximum absolute atomic E-state index is 5.35. The van der Waals surface area contributed by atoms with Crippen molar-refractivity contribution in [3.05, 3.63) is 47.8 Å². The summed E-state index contributed by atoms with van der Waals surface area (Å²) in [5.41, 5.74) is 2.51. The zero-order chi connectivity index (χ0) is 15.4. The first-order valence-electron chi connectivity index (χ1n) is 8.13. The molecule has 0 bridgehead atoms. The Morgan fingerprint density at radius 1 is 1.23 bits per heavy atom. The number of benzene rings is 1. The van der Waals surface area contributed by atoms with Crippen LogP contribution in [0.15, 0.2) is 36.5 Å². The third-order valence-corrected chi connectivity index (χ3v) is 4.46. The summed E-state index contributed by atoms with van der Waals surface area (Å²) in [4.78, 5) is 2.57. The highest BCUT2D eigenvalue weighted by Crippen LogP contribution is 2.30. The van der Waals surface area contributed by atoms with Gasteiger partial charge in [0.1, 0.15) is 5.75 Å². The number of ether oxygens (including phenoxy) is 1. The van der Waals surface area contributed by atoms with Gasteiger partial charge in [-0.05, 0) is 43.1 Å². The maximum Gasteiger partial charge on any atom is 0.119 e. The highest BCUT2D eigenvalue weighted by atomic mass is 16.5. The Balaban J connectivity index is 1.80. The molecule has 2 aromatic rings. The van der Waals surface area contributed by atoms with Gasteiger partial charge < -0.3 is 4.74 Å². The van der Waals surface area contributed by atoms with E-state index in [0.29, 0.717) is 6.04 Å². The normalized spacial score (nSPS) is 19.8. The Morgan fingerprint density at radius 2 is 2.14 bits per heavy atom. The monoisotopic (exact) mass is 299 g/mol. The first-order chi connectivity index (χ1) is 10.8. The molecular weight excluding hydrogens is 274 g/mol. The van der Waals surface area contributed by atoms with Gasteiger partial charge >= 0.3 is 0 Å². The number of aromatic nitrogens is 2. The van der Waals surface area contributed by atoms with Crippen molar-refractivity contribution in [3.8, 4) is 5.75 Å². The Bertz CT molecular complexity index is 608. The van der Waals surface area contributed by atoms with Gasteiger partial charge in [0, 0.05) is 19.8 Å². The molecule has 1 aromatic carbocycles. The molecule has 2 heterocycles. The molecule has 0 unspecified atom stereocenters. The number of aryl methyl sites for hydroxylation is 1. The molecule has 1 aliphatic rings. The minimum Gasteiger partial charge on any atom is -0.497 e. The third kappa shape index (κ3) is 3.50. The second-order valence-corrected chi connectivity index (χ2v) is 6.10. The number of likely N-dealkylation sites (tertiary alicyclic amines) is 1. The lowest BCUT2D eigenvalue weighted by Crippen LogP contribution is -2.28. The van der Waals surface area contributed by atoms with Gasteiger partial charge in [-0.3, -0.25) is 9.58 Å². The van der Waals surface area contributed by atoms with Gasteiger partial charge in [-0.2, -0.15) is 5.10 Å². The van der Waals surface area contributed by atoms with E-state index in [-0.39, 0.29) is 0 Å². The third-order valence-electron chi connectivity index (χ3n) is 4.46. The van der Waals surface area contributed by atoms with E-state index in [1.54, 1.807) is 7.11 Å². The van der Waals surface area contributed by atoms with Crippen molar-refractivity contribution in [1.82, 2.24) is 14.7 Å². The summed E-state index contributed by atoms with van der Waals surface area (Å²) in [5, 5.41) is 4.65. The Hall–Kier alpha value is -1.81. The summed E-state index contributed by atoms with van der Waals surface area (Å²) in [6.45, 7) is 2.09. The van der Waals surface area contributed by atoms with Crippen LogP contribution >= 0.6 is 0 Å². The molecule has 1 aromatic heterocycles. The molecule has 1 atom stereocenters. The smallest absolute Gasteiger partial charge is 0.119 e. The number of rotatable bonds is 4. The number of hydrogen-bond acceptors (Lipinski definition) is 3. The van der Waals surface area contributed by atoms with E-state index in [9.17, 15) is 0 Å². The van der Waals surface area contributed by atoms with Crippen LogP contribution in [0.2, 0.25) is 0 Å². The van der Waals surface area contributed by atoms with Crippen LogP contribution in [0.3, 0.4) is 0 Å². The summed E-state index contributed by atoms with van der Waals surface area (Å²) >= 11 is 0. The topological polar surface area (TPSA) is 30.3 Å². The predicted octanol–water partition coefficient (Wildman–Crippen LogP) is 3.55. The van der Waals surface area contributed by atoms with Crippen molar-refractivity contribution < 1.29 is 4.74 Å². The fourth-order valence-electron chi connectivity index (χ4n) is 3.31. The zero-order valence-corrected chi connectivity index (χ0v) is 13.5. The average Bonchev–Trinajstić information content (AvgIpc) is 2.83. The van der Waals surface area contributed by atoms with Crippen LogP contribution in [0.4, 0.5) is 0 Å². The van der Waals surface area contributed by atoms with Crippen LogP contribution in [-0.2, 0) is 13.6 Å². The minimum absolute atomic E-state index is 0.426. The molecule has 4 heteroatoms. The second-order valence-electron chi connectivity index (χ2n) is 6.10. The Morgan fingerprint density at radius 3 is 2.91 bits per heavy atom. The van der Waals surface area contributed by atoms with Gasteiger partial charge in [0.15, 0.2) is 0 Å². The van der Waals surface area contributed by atoms with Gasteiger partial charge in [0.25, 0.3) is 0 Å². The van der Waals surface area contributed by atoms with E-state index in [1.807, 2.05) is 24.0 Å². The van der Waals surface area contributed by atoms with Crippen molar-refractivity contribution in [3.63, 3.8) is 0 Å². The van der Waals surface area contributed by atoms with Crippen LogP contribution in [0, 0.1) is 0 Å². The van der Waals surface area contributed by atoms with Crippen molar-refractivity contribution >= 4 is 0 Å². The molecule has 1 saturated heterocycles. The first-order valence-corrected chi connectivity index (χ1v) is 8.13. The van der Waals surface area contributed by atoms with Crippen molar-refractivity contribution in [1.29, 1.82) is 0 Å². The van der Waals surface area contributed by atoms with Gasteiger partial charge in [0.2, 0.25) is 0 Å². The van der Waals surface area contributed by atoms with Crippen LogP contribution in [0.5, 0.6) is 5.75 Å². The number of nitrogens with zero attached hydrogens (tertiary/aromatic N) is 3. The average molecular weight is 299 g/mol. The van der Waals surface area contributed by atoms with E-state index >= 15 is 0 Å². The van der Waals surface area contributed by atoms with E-state index in [0.717, 1.165) is 18.8 Å². The molecule has 0 radical (unpaired) electrons. The quantitative estimate of drug-likeness (QED) is 0.865. The molecule has 3 rings (SSSR count). The van der Waals surface area contributed by atoms with Crippen molar-refractivity contribution in [2.75, 3.05) is 13.7 Å². The lowest BCUT2D eigenvalue weighted by Gasteiger charge is -2.28. The van der Waals surface area contributed by atoms with Crippen molar-refractivity contribution in [2.24, 2.45) is 7.05 Å². The van der Waals surface area contributed by atoms with E-state index in [2.05, 4.69) is 34.3 Å². The molecule has 1 aliphatic heterocycles. The number of methoxy groups -OCH3 is 1. The van der Waals surface area contributed by atoms with Crippen LogP contribution in [0.1, 0.15) is 43.0 Å². The standard InChI is InChI=1S/C18H25N3O/c1-20-12-10-17(19-20)18-9-4-3-5-11-21(18)14-15-7-6-8-16(13-15)22-2/h6-8,10,12-13,18H,3-5,9,11,14H2,1-2H3/t18-/m1/s1. The van der Waals surface area contributed by atoms with Crippen LogP contribution in [0.25, 0.3) is 0 Å². The largest absolute Gasteiger partial charge is 0.497 e. The first kappa shape index (κ1) is 15.1. The number of hydrogen-bond donors (Lipinski definition) is 0. The Kier molecular flexibility index (Phi) is 4.78. The summed E-state index contributed by atoms with van der Waals surface area (Å²) in [6.07, 6.45) is 7.12. The molecule has 4 nitrogen and oxygen atoms in total. The predicted molar refractivity (Wildman–Crippen MR) is 87.8 cm³/mol. The molecule has 0 N–H and O–H groups in total. The van der Waals surface area contributed by atoms with Gasteiger partial charge in [-0.15, -0.1) is 0 Å². The highest BCUT2D eigenvalue weighted by Gasteiger charge is 2.24. The fourth-order valence-corrected chi connectivity index (χ4v) is 3.31. The Labute approximate surface area is 132 Å². The van der Waals surface area contributed by atoms with Crippen molar-refractivity contribution in [2.45, 2.75) is 38.3 Å². The summed E-state index contributed by atoms with van der Waals surface area (Å²) in [6, 6.07) is 11.0. The van der Waals surface area contributed by atoms with E-state index in [1.165, 1.54) is 36.9 Å². The van der Waals surface area contributed by atoms with Crippen LogP contribution < -0.4 is 4.74 Å². The summed E-state index contributed by atoms with van der Waals surface area (Å²) in [7, 11) is 3.72. The van der Waals surface area contributed by atoms with E-state index < -0.39 is 0 Å². The molecule has 0 amide bonds. The fraction of sp³-hybridized carbons (Fsp3) is 0.500. The molecule has 22 heavy (non-hydrogen) atoms. The maximum atomic E-state index is 5.35. The van der Waals surface area contributed by atoms with Crippen LogP contribution in [-0.4, -0.2) is 28.3 Å². The second kappa shape index (κ2) is 6.97. The molecule has 118 valence electrons.